The second kappa shape index (κ2) is 8.02. The number of hydrogen-bond acceptors (Lipinski definition) is 6. The lowest BCUT2D eigenvalue weighted by atomic mass is 10.2. The number of ether oxygens (including phenoxy) is 2. The van der Waals surface area contributed by atoms with Crippen LogP contribution in [0.5, 0.6) is 11.5 Å². The molecule has 1 aromatic carbocycles. The summed E-state index contributed by atoms with van der Waals surface area (Å²) in [6.07, 6.45) is 0.837. The Morgan fingerprint density at radius 1 is 1.36 bits per heavy atom. The maximum absolute atomic E-state index is 12.2. The number of para-hydroxylation sites is 2. The topological polar surface area (TPSA) is 76.8 Å². The fourth-order valence-corrected chi connectivity index (χ4v) is 2.80. The number of aryl methyl sites for hydroxylation is 1. The number of carbonyl (C=O) groups is 1. The number of nitrogens with zero attached hydrogens (tertiary/aromatic N) is 2. The Balaban J connectivity index is 1.55. The van der Waals surface area contributed by atoms with E-state index in [2.05, 4.69) is 22.3 Å². The van der Waals surface area contributed by atoms with Gasteiger partial charge in [0, 0.05) is 12.6 Å². The molecule has 2 aromatic rings. The minimum Gasteiger partial charge on any atom is -0.486 e. The number of benzene rings is 1. The van der Waals surface area contributed by atoms with E-state index in [1.165, 1.54) is 0 Å². The highest BCUT2D eigenvalue weighted by Crippen LogP contribution is 2.31. The minimum atomic E-state index is -0.126. The summed E-state index contributed by atoms with van der Waals surface area (Å²) in [6.45, 7) is 6.02. The van der Waals surface area contributed by atoms with Crippen LogP contribution in [-0.4, -0.2) is 48.3 Å². The van der Waals surface area contributed by atoms with Gasteiger partial charge in [0.15, 0.2) is 17.3 Å². The minimum absolute atomic E-state index is 0.108. The molecule has 1 N–H and O–H groups in total. The van der Waals surface area contributed by atoms with Gasteiger partial charge in [0.2, 0.25) is 5.91 Å². The van der Waals surface area contributed by atoms with Crippen molar-refractivity contribution in [1.82, 2.24) is 10.1 Å². The molecule has 0 aliphatic carbocycles. The lowest BCUT2D eigenvalue weighted by Crippen LogP contribution is -2.44. The standard InChI is InChI=1S/C18H23N3O4/c1-3-8-21(11-18(22)19-17-9-13(2)25-20-17)10-14-12-23-15-6-4-5-7-16(15)24-14/h4-7,9,14H,3,8,10-12H2,1-2H3,(H,19,20,22). The van der Waals surface area contributed by atoms with Gasteiger partial charge in [0.25, 0.3) is 0 Å². The third-order valence-corrected chi connectivity index (χ3v) is 3.83. The van der Waals surface area contributed by atoms with E-state index in [0.29, 0.717) is 24.7 Å². The molecule has 1 aliphatic heterocycles. The van der Waals surface area contributed by atoms with Crippen molar-refractivity contribution in [1.29, 1.82) is 0 Å². The highest BCUT2D eigenvalue weighted by atomic mass is 16.6. The van der Waals surface area contributed by atoms with E-state index in [1.807, 2.05) is 24.3 Å². The third kappa shape index (κ3) is 4.73. The van der Waals surface area contributed by atoms with E-state index < -0.39 is 0 Å². The summed E-state index contributed by atoms with van der Waals surface area (Å²) in [5, 5.41) is 6.53. The highest BCUT2D eigenvalue weighted by molar-refractivity contribution is 5.91. The van der Waals surface area contributed by atoms with Gasteiger partial charge in [-0.15, -0.1) is 0 Å². The van der Waals surface area contributed by atoms with Crippen LogP contribution in [0.15, 0.2) is 34.9 Å². The molecule has 1 amide bonds. The van der Waals surface area contributed by atoms with Crippen LogP contribution in [0.25, 0.3) is 0 Å². The molecule has 3 rings (SSSR count). The molecule has 25 heavy (non-hydrogen) atoms. The SMILES string of the molecule is CCCN(CC(=O)Nc1cc(C)on1)CC1COc2ccccc2O1. The summed E-state index contributed by atoms with van der Waals surface area (Å²) in [7, 11) is 0. The third-order valence-electron chi connectivity index (χ3n) is 3.83. The molecule has 1 aromatic heterocycles. The molecule has 1 atom stereocenters. The Kier molecular flexibility index (Phi) is 5.55. The van der Waals surface area contributed by atoms with Crippen LogP contribution in [0.3, 0.4) is 0 Å². The van der Waals surface area contributed by atoms with E-state index >= 15 is 0 Å². The average Bonchev–Trinajstić information content (AvgIpc) is 2.99. The van der Waals surface area contributed by atoms with Crippen LogP contribution in [0, 0.1) is 6.92 Å². The first-order valence-electron chi connectivity index (χ1n) is 8.48. The van der Waals surface area contributed by atoms with Gasteiger partial charge >= 0.3 is 0 Å². The van der Waals surface area contributed by atoms with Crippen molar-refractivity contribution in [3.05, 3.63) is 36.1 Å². The molecule has 1 aliphatic rings. The van der Waals surface area contributed by atoms with Crippen molar-refractivity contribution in [2.24, 2.45) is 0 Å². The molecule has 0 bridgehead atoms. The van der Waals surface area contributed by atoms with Gasteiger partial charge in [-0.1, -0.05) is 24.2 Å². The molecule has 0 spiro atoms. The summed E-state index contributed by atoms with van der Waals surface area (Å²) in [5.74, 6) is 2.48. The number of nitrogens with one attached hydrogen (secondary N) is 1. The quantitative estimate of drug-likeness (QED) is 0.831. The second-order valence-electron chi connectivity index (χ2n) is 6.10. The van der Waals surface area contributed by atoms with Crippen molar-refractivity contribution in [3.63, 3.8) is 0 Å². The number of fused-ring (bicyclic) bond motifs is 1. The van der Waals surface area contributed by atoms with Gasteiger partial charge in [-0.05, 0) is 32.0 Å². The summed E-state index contributed by atoms with van der Waals surface area (Å²) in [4.78, 5) is 14.3. The lowest BCUT2D eigenvalue weighted by Gasteiger charge is -2.30. The van der Waals surface area contributed by atoms with Gasteiger partial charge in [0.1, 0.15) is 18.5 Å². The molecule has 2 heterocycles. The van der Waals surface area contributed by atoms with E-state index in [1.54, 1.807) is 13.0 Å². The molecule has 0 fully saturated rings. The number of amides is 1. The Morgan fingerprint density at radius 2 is 2.16 bits per heavy atom. The number of aromatic nitrogens is 1. The van der Waals surface area contributed by atoms with Crippen LogP contribution < -0.4 is 14.8 Å². The van der Waals surface area contributed by atoms with Crippen molar-refractivity contribution < 1.29 is 18.8 Å². The van der Waals surface area contributed by atoms with E-state index in [-0.39, 0.29) is 18.6 Å². The highest BCUT2D eigenvalue weighted by Gasteiger charge is 2.24. The van der Waals surface area contributed by atoms with Crippen LogP contribution in [0.4, 0.5) is 5.82 Å². The Bertz CT molecular complexity index is 716. The molecular weight excluding hydrogens is 322 g/mol. The summed E-state index contributed by atoms with van der Waals surface area (Å²) >= 11 is 0. The van der Waals surface area contributed by atoms with Crippen molar-refractivity contribution in [2.45, 2.75) is 26.4 Å². The van der Waals surface area contributed by atoms with Gasteiger partial charge in [-0.3, -0.25) is 9.69 Å². The lowest BCUT2D eigenvalue weighted by molar-refractivity contribution is -0.117. The zero-order chi connectivity index (χ0) is 17.6. The number of hydrogen-bond donors (Lipinski definition) is 1. The number of anilines is 1. The molecule has 7 heteroatoms. The van der Waals surface area contributed by atoms with Crippen LogP contribution >= 0.6 is 0 Å². The Labute approximate surface area is 146 Å². The molecule has 0 radical (unpaired) electrons. The zero-order valence-corrected chi connectivity index (χ0v) is 14.5. The molecule has 0 saturated heterocycles. The van der Waals surface area contributed by atoms with Crippen LogP contribution in [0.2, 0.25) is 0 Å². The van der Waals surface area contributed by atoms with Gasteiger partial charge in [-0.2, -0.15) is 0 Å². The first-order valence-corrected chi connectivity index (χ1v) is 8.48. The summed E-state index contributed by atoms with van der Waals surface area (Å²) in [6, 6.07) is 9.31. The van der Waals surface area contributed by atoms with Crippen LogP contribution in [0.1, 0.15) is 19.1 Å². The molecule has 7 nitrogen and oxygen atoms in total. The maximum Gasteiger partial charge on any atom is 0.239 e. The normalized spacial score (nSPS) is 16.0. The molecular formula is C18H23N3O4. The fraction of sp³-hybridized carbons (Fsp3) is 0.444. The molecule has 0 saturated carbocycles. The maximum atomic E-state index is 12.2. The fourth-order valence-electron chi connectivity index (χ4n) is 2.80. The van der Waals surface area contributed by atoms with E-state index in [4.69, 9.17) is 14.0 Å². The van der Waals surface area contributed by atoms with Crippen molar-refractivity contribution in [3.8, 4) is 11.5 Å². The average molecular weight is 345 g/mol. The van der Waals surface area contributed by atoms with E-state index in [0.717, 1.165) is 24.5 Å². The Hall–Kier alpha value is -2.54. The number of carbonyl (C=O) groups excluding carboxylic acids is 1. The summed E-state index contributed by atoms with van der Waals surface area (Å²) in [5.41, 5.74) is 0. The first-order chi connectivity index (χ1) is 12.1. The smallest absolute Gasteiger partial charge is 0.239 e. The molecule has 134 valence electrons. The largest absolute Gasteiger partial charge is 0.486 e. The first kappa shape index (κ1) is 17.3. The Morgan fingerprint density at radius 3 is 2.88 bits per heavy atom. The molecule has 1 unspecified atom stereocenters. The van der Waals surface area contributed by atoms with Crippen molar-refractivity contribution in [2.75, 3.05) is 31.6 Å². The van der Waals surface area contributed by atoms with Crippen molar-refractivity contribution >= 4 is 11.7 Å². The number of rotatable bonds is 7. The van der Waals surface area contributed by atoms with Gasteiger partial charge in [-0.25, -0.2) is 0 Å². The monoisotopic (exact) mass is 345 g/mol. The summed E-state index contributed by atoms with van der Waals surface area (Å²) < 4.78 is 16.7. The predicted octanol–water partition coefficient (Wildman–Crippen LogP) is 2.47. The second-order valence-corrected chi connectivity index (χ2v) is 6.10. The van der Waals surface area contributed by atoms with Crippen LogP contribution in [-0.2, 0) is 4.79 Å². The van der Waals surface area contributed by atoms with Gasteiger partial charge in [0.05, 0.1) is 6.54 Å². The van der Waals surface area contributed by atoms with Gasteiger partial charge < -0.3 is 19.3 Å². The zero-order valence-electron chi connectivity index (χ0n) is 14.5. The van der Waals surface area contributed by atoms with E-state index in [9.17, 15) is 4.79 Å². The predicted molar refractivity (Wildman–Crippen MR) is 93.0 cm³/mol.